The maximum atomic E-state index is 13.1. The fraction of sp³-hybridized carbons (Fsp3) is 0.885. The van der Waals surface area contributed by atoms with Gasteiger partial charge in [-0.15, -0.1) is 0 Å². The van der Waals surface area contributed by atoms with E-state index in [4.69, 9.17) is 9.47 Å². The van der Waals surface area contributed by atoms with Crippen molar-refractivity contribution in [3.63, 3.8) is 0 Å². The van der Waals surface area contributed by atoms with Crippen molar-refractivity contribution < 1.29 is 23.9 Å². The standard InChI is InChI=1S/C26H46N2O5/c1-5-6-16-32-23(30)17-20-12-8-9-13-21(20)28-22(29)18-26(14-10-7-11-15-26)19-27-24(31)33-25(2,3)4/h20-21H,5-19H2,1-4H3,(H,27,31)(H,28,29)/t20-,21-/m0/s1. The molecule has 2 fully saturated rings. The largest absolute Gasteiger partial charge is 0.466 e. The minimum atomic E-state index is -0.547. The van der Waals surface area contributed by atoms with E-state index >= 15 is 0 Å². The van der Waals surface area contributed by atoms with Gasteiger partial charge in [0.25, 0.3) is 0 Å². The first-order valence-electron chi connectivity index (χ1n) is 13.0. The van der Waals surface area contributed by atoms with Crippen LogP contribution in [-0.2, 0) is 19.1 Å². The maximum Gasteiger partial charge on any atom is 0.407 e. The average molecular weight is 467 g/mol. The average Bonchev–Trinajstić information content (AvgIpc) is 2.73. The number of rotatable bonds is 10. The van der Waals surface area contributed by atoms with Crippen LogP contribution in [0.1, 0.15) is 111 Å². The molecular weight excluding hydrogens is 420 g/mol. The van der Waals surface area contributed by atoms with Crippen molar-refractivity contribution in [1.82, 2.24) is 10.6 Å². The molecule has 0 radical (unpaired) electrons. The molecule has 7 nitrogen and oxygen atoms in total. The molecule has 190 valence electrons. The number of hydrogen-bond acceptors (Lipinski definition) is 5. The molecule has 2 saturated carbocycles. The number of nitrogens with one attached hydrogen (secondary N) is 2. The van der Waals surface area contributed by atoms with Crippen LogP contribution in [0.5, 0.6) is 0 Å². The van der Waals surface area contributed by atoms with E-state index < -0.39 is 11.7 Å². The van der Waals surface area contributed by atoms with Crippen molar-refractivity contribution in [2.45, 2.75) is 123 Å². The zero-order valence-corrected chi connectivity index (χ0v) is 21.3. The molecule has 0 spiro atoms. The van der Waals surface area contributed by atoms with E-state index in [0.29, 0.717) is 26.0 Å². The van der Waals surface area contributed by atoms with E-state index in [1.165, 1.54) is 6.42 Å². The first kappa shape index (κ1) is 27.5. The number of hydrogen-bond donors (Lipinski definition) is 2. The first-order chi connectivity index (χ1) is 15.6. The summed E-state index contributed by atoms with van der Waals surface area (Å²) in [5.41, 5.74) is -0.780. The first-order valence-corrected chi connectivity index (χ1v) is 13.0. The SMILES string of the molecule is CCCCOC(=O)C[C@@H]1CCCC[C@@H]1NC(=O)CC1(CNC(=O)OC(C)(C)C)CCCCC1. The number of carbonyl (C=O) groups is 3. The summed E-state index contributed by atoms with van der Waals surface area (Å²) in [4.78, 5) is 37.6. The molecule has 2 rings (SSSR count). The van der Waals surface area contributed by atoms with Crippen molar-refractivity contribution in [3.05, 3.63) is 0 Å². The Kier molecular flexibility index (Phi) is 11.0. The molecule has 0 aromatic rings. The topological polar surface area (TPSA) is 93.7 Å². The van der Waals surface area contributed by atoms with Crippen molar-refractivity contribution >= 4 is 18.0 Å². The van der Waals surface area contributed by atoms with Crippen LogP contribution in [0, 0.1) is 11.3 Å². The molecule has 0 aromatic heterocycles. The van der Waals surface area contributed by atoms with Crippen molar-refractivity contribution in [1.29, 1.82) is 0 Å². The van der Waals surface area contributed by atoms with Crippen LogP contribution >= 0.6 is 0 Å². The van der Waals surface area contributed by atoms with Gasteiger partial charge in [0.15, 0.2) is 0 Å². The number of alkyl carbamates (subject to hydrolysis) is 1. The van der Waals surface area contributed by atoms with Crippen LogP contribution in [-0.4, -0.2) is 42.8 Å². The number of unbranched alkanes of at least 4 members (excludes halogenated alkanes) is 1. The second-order valence-electron chi connectivity index (χ2n) is 11.1. The molecule has 0 unspecified atom stereocenters. The van der Waals surface area contributed by atoms with Gasteiger partial charge in [0.2, 0.25) is 5.91 Å². The lowest BCUT2D eigenvalue weighted by Gasteiger charge is -2.38. The van der Waals surface area contributed by atoms with Gasteiger partial charge in [-0.25, -0.2) is 4.79 Å². The number of amides is 2. The molecule has 2 N–H and O–H groups in total. The highest BCUT2D eigenvalue weighted by Gasteiger charge is 2.37. The van der Waals surface area contributed by atoms with Crippen LogP contribution in [0.25, 0.3) is 0 Å². The van der Waals surface area contributed by atoms with Crippen LogP contribution in [0.15, 0.2) is 0 Å². The Morgan fingerprint density at radius 2 is 1.70 bits per heavy atom. The highest BCUT2D eigenvalue weighted by molar-refractivity contribution is 5.77. The predicted octanol–water partition coefficient (Wildman–Crippen LogP) is 5.26. The second-order valence-corrected chi connectivity index (χ2v) is 11.1. The third-order valence-electron chi connectivity index (χ3n) is 6.90. The molecule has 0 aromatic carbocycles. The van der Waals surface area contributed by atoms with Crippen molar-refractivity contribution in [2.24, 2.45) is 11.3 Å². The normalized spacial score (nSPS) is 22.8. The molecule has 0 bridgehead atoms. The van der Waals surface area contributed by atoms with Gasteiger partial charge in [0.05, 0.1) is 13.0 Å². The smallest absolute Gasteiger partial charge is 0.407 e. The van der Waals surface area contributed by atoms with Gasteiger partial charge in [0, 0.05) is 19.0 Å². The number of carbonyl (C=O) groups excluding carboxylic acids is 3. The van der Waals surface area contributed by atoms with E-state index in [0.717, 1.165) is 64.2 Å². The van der Waals surface area contributed by atoms with E-state index in [1.54, 1.807) is 0 Å². The van der Waals surface area contributed by atoms with Gasteiger partial charge >= 0.3 is 12.1 Å². The zero-order valence-electron chi connectivity index (χ0n) is 21.3. The fourth-order valence-electron chi connectivity index (χ4n) is 5.14. The summed E-state index contributed by atoms with van der Waals surface area (Å²) < 4.78 is 10.8. The molecule has 33 heavy (non-hydrogen) atoms. The Hall–Kier alpha value is -1.79. The minimum absolute atomic E-state index is 0.0180. The third-order valence-corrected chi connectivity index (χ3v) is 6.90. The lowest BCUT2D eigenvalue weighted by Crippen LogP contribution is -2.47. The van der Waals surface area contributed by atoms with Gasteiger partial charge in [0.1, 0.15) is 5.60 Å². The molecule has 2 aliphatic carbocycles. The monoisotopic (exact) mass is 466 g/mol. The lowest BCUT2D eigenvalue weighted by molar-refractivity contribution is -0.145. The molecule has 0 heterocycles. The quantitative estimate of drug-likeness (QED) is 0.338. The highest BCUT2D eigenvalue weighted by Crippen LogP contribution is 2.39. The molecule has 2 amide bonds. The van der Waals surface area contributed by atoms with Gasteiger partial charge in [-0.2, -0.15) is 0 Å². The Morgan fingerprint density at radius 1 is 1.00 bits per heavy atom. The lowest BCUT2D eigenvalue weighted by atomic mass is 9.71. The van der Waals surface area contributed by atoms with Gasteiger partial charge in [-0.3, -0.25) is 9.59 Å². The fourth-order valence-corrected chi connectivity index (χ4v) is 5.14. The summed E-state index contributed by atoms with van der Waals surface area (Å²) in [5, 5.41) is 6.16. The van der Waals surface area contributed by atoms with Gasteiger partial charge in [-0.05, 0) is 64.2 Å². The summed E-state index contributed by atoms with van der Waals surface area (Å²) in [6.45, 7) is 8.53. The van der Waals surface area contributed by atoms with Crippen LogP contribution in [0.3, 0.4) is 0 Å². The molecular formula is C26H46N2O5. The zero-order chi connectivity index (χ0) is 24.3. The second kappa shape index (κ2) is 13.2. The Balaban J connectivity index is 1.91. The Bertz CT molecular complexity index is 637. The molecule has 2 atom stereocenters. The van der Waals surface area contributed by atoms with Gasteiger partial charge < -0.3 is 20.1 Å². The molecule has 7 heteroatoms. The number of ether oxygens (including phenoxy) is 2. The predicted molar refractivity (Wildman–Crippen MR) is 129 cm³/mol. The number of esters is 1. The summed E-state index contributed by atoms with van der Waals surface area (Å²) in [5.74, 6) is 0.0121. The molecule has 0 saturated heterocycles. The van der Waals surface area contributed by atoms with Crippen LogP contribution < -0.4 is 10.6 Å². The van der Waals surface area contributed by atoms with Crippen LogP contribution in [0.2, 0.25) is 0 Å². The van der Waals surface area contributed by atoms with E-state index in [1.807, 2.05) is 20.8 Å². The van der Waals surface area contributed by atoms with E-state index in [9.17, 15) is 14.4 Å². The maximum absolute atomic E-state index is 13.1. The van der Waals surface area contributed by atoms with Crippen LogP contribution in [0.4, 0.5) is 4.79 Å². The van der Waals surface area contributed by atoms with E-state index in [2.05, 4.69) is 17.6 Å². The van der Waals surface area contributed by atoms with Gasteiger partial charge in [-0.1, -0.05) is 45.4 Å². The van der Waals surface area contributed by atoms with Crippen molar-refractivity contribution in [3.8, 4) is 0 Å². The highest BCUT2D eigenvalue weighted by atomic mass is 16.6. The molecule has 0 aliphatic heterocycles. The Labute approximate surface area is 200 Å². The summed E-state index contributed by atoms with van der Waals surface area (Å²) >= 11 is 0. The summed E-state index contributed by atoms with van der Waals surface area (Å²) in [6, 6.07) is 0.0180. The van der Waals surface area contributed by atoms with Crippen molar-refractivity contribution in [2.75, 3.05) is 13.2 Å². The summed E-state index contributed by atoms with van der Waals surface area (Å²) in [6.07, 6.45) is 11.4. The summed E-state index contributed by atoms with van der Waals surface area (Å²) in [7, 11) is 0. The Morgan fingerprint density at radius 3 is 2.36 bits per heavy atom. The third kappa shape index (κ3) is 10.3. The molecule has 2 aliphatic rings. The van der Waals surface area contributed by atoms with E-state index in [-0.39, 0.29) is 29.3 Å². The minimum Gasteiger partial charge on any atom is -0.466 e.